The van der Waals surface area contributed by atoms with Crippen molar-refractivity contribution in [3.8, 4) is 33.6 Å². The first kappa shape index (κ1) is 23.3. The van der Waals surface area contributed by atoms with Crippen LogP contribution in [0.15, 0.2) is 126 Å². The summed E-state index contributed by atoms with van der Waals surface area (Å²) in [6.07, 6.45) is 5.30. The minimum Gasteiger partial charge on any atom is -0.464 e. The summed E-state index contributed by atoms with van der Waals surface area (Å²) in [7, 11) is 0. The Morgan fingerprint density at radius 2 is 1.29 bits per heavy atom. The number of hydrogen-bond donors (Lipinski definition) is 0. The molecule has 0 unspecified atom stereocenters. The van der Waals surface area contributed by atoms with E-state index in [0.717, 1.165) is 44.6 Å². The summed E-state index contributed by atoms with van der Waals surface area (Å²) < 4.78 is 5.39. The fourth-order valence-electron chi connectivity index (χ4n) is 3.54. The summed E-state index contributed by atoms with van der Waals surface area (Å²) in [5.74, 6) is 0. The number of aromatic nitrogens is 2. The molecule has 0 fully saturated rings. The first-order valence-corrected chi connectivity index (χ1v) is 10.7. The van der Waals surface area contributed by atoms with Crippen molar-refractivity contribution in [3.05, 3.63) is 134 Å². The van der Waals surface area contributed by atoms with Crippen LogP contribution in [0.5, 0.6) is 0 Å². The van der Waals surface area contributed by atoms with E-state index in [2.05, 4.69) is 46.4 Å². The molecule has 4 heteroatoms. The molecular weight excluding hydrogens is 597 g/mol. The summed E-state index contributed by atoms with van der Waals surface area (Å²) >= 11 is 0. The van der Waals surface area contributed by atoms with Gasteiger partial charge in [-0.25, -0.2) is 0 Å². The summed E-state index contributed by atoms with van der Waals surface area (Å²) in [4.78, 5) is 8.60. The fourth-order valence-corrected chi connectivity index (χ4v) is 3.54. The molecule has 3 heterocycles. The third kappa shape index (κ3) is 5.55. The van der Waals surface area contributed by atoms with Crippen molar-refractivity contribution < 1.29 is 24.5 Å². The Bertz CT molecular complexity index is 1410. The molecule has 0 atom stereocenters. The van der Waals surface area contributed by atoms with Crippen LogP contribution in [0.4, 0.5) is 0 Å². The van der Waals surface area contributed by atoms with Crippen LogP contribution in [0.2, 0.25) is 0 Å². The van der Waals surface area contributed by atoms with E-state index in [-0.39, 0.29) is 20.1 Å². The quantitative estimate of drug-likeness (QED) is 0.193. The standard InChI is InChI=1S/C19H12NO.C11H8N.Ir/c1-2-10-20-18(6-1)16-5-3-4-14(12-16)15-7-8-19-17(13-15)9-11-21-19;1-2-6-10(7-3-1)11-8-4-5-9-12-11;/h1-4,6-13H;1-6,8-9H;/q2*-1;. The Hall–Kier alpha value is -3.85. The Morgan fingerprint density at radius 1 is 0.588 bits per heavy atom. The molecule has 0 amide bonds. The number of hydrogen-bond acceptors (Lipinski definition) is 3. The van der Waals surface area contributed by atoms with Crippen LogP contribution in [-0.2, 0) is 20.1 Å². The van der Waals surface area contributed by atoms with Gasteiger partial charge in [0.05, 0.1) is 6.26 Å². The van der Waals surface area contributed by atoms with Crippen LogP contribution in [0, 0.1) is 12.1 Å². The van der Waals surface area contributed by atoms with Gasteiger partial charge in [0.25, 0.3) is 0 Å². The SMILES string of the molecule is [Ir].[c-]1ccc(-c2ccc3occc3c2)cc1-c1ccccn1.[c-]1ccccc1-c1ccccn1. The van der Waals surface area contributed by atoms with Gasteiger partial charge in [-0.2, -0.15) is 0 Å². The molecule has 3 nitrogen and oxygen atoms in total. The topological polar surface area (TPSA) is 38.9 Å². The molecule has 6 rings (SSSR count). The van der Waals surface area contributed by atoms with Gasteiger partial charge < -0.3 is 14.4 Å². The predicted octanol–water partition coefficient (Wildman–Crippen LogP) is 7.51. The number of benzene rings is 3. The molecule has 0 aliphatic rings. The first-order valence-electron chi connectivity index (χ1n) is 10.7. The maximum absolute atomic E-state index is 5.39. The molecule has 167 valence electrons. The minimum absolute atomic E-state index is 0. The van der Waals surface area contributed by atoms with E-state index in [9.17, 15) is 0 Å². The second kappa shape index (κ2) is 11.3. The molecule has 34 heavy (non-hydrogen) atoms. The van der Waals surface area contributed by atoms with E-state index >= 15 is 0 Å². The minimum atomic E-state index is 0. The second-order valence-electron chi connectivity index (χ2n) is 7.37. The third-order valence-electron chi connectivity index (χ3n) is 5.18. The zero-order chi connectivity index (χ0) is 22.3. The summed E-state index contributed by atoms with van der Waals surface area (Å²) in [6.45, 7) is 0. The third-order valence-corrected chi connectivity index (χ3v) is 5.18. The van der Waals surface area contributed by atoms with E-state index in [1.54, 1.807) is 18.7 Å². The van der Waals surface area contributed by atoms with E-state index < -0.39 is 0 Å². The molecule has 0 saturated heterocycles. The molecule has 0 aliphatic carbocycles. The normalized spacial score (nSPS) is 10.1. The van der Waals surface area contributed by atoms with Crippen LogP contribution in [0.3, 0.4) is 0 Å². The summed E-state index contributed by atoms with van der Waals surface area (Å²) in [5.41, 5.74) is 7.17. The van der Waals surface area contributed by atoms with Crippen molar-refractivity contribution in [1.82, 2.24) is 9.97 Å². The van der Waals surface area contributed by atoms with Crippen LogP contribution < -0.4 is 0 Å². The average Bonchev–Trinajstić information content (AvgIpc) is 3.39. The van der Waals surface area contributed by atoms with Gasteiger partial charge in [-0.05, 0) is 47.3 Å². The number of fused-ring (bicyclic) bond motifs is 1. The smallest absolute Gasteiger partial charge is 0.133 e. The molecule has 0 aliphatic heterocycles. The summed E-state index contributed by atoms with van der Waals surface area (Å²) in [6, 6.07) is 40.3. The van der Waals surface area contributed by atoms with Crippen molar-refractivity contribution in [1.29, 1.82) is 0 Å². The molecule has 0 saturated carbocycles. The van der Waals surface area contributed by atoms with Crippen molar-refractivity contribution in [2.75, 3.05) is 0 Å². The number of furan rings is 1. The van der Waals surface area contributed by atoms with Gasteiger partial charge in [0.2, 0.25) is 0 Å². The van der Waals surface area contributed by atoms with Crippen LogP contribution >= 0.6 is 0 Å². The molecule has 3 aromatic carbocycles. The summed E-state index contributed by atoms with van der Waals surface area (Å²) in [5, 5.41) is 1.11. The average molecular weight is 617 g/mol. The van der Waals surface area contributed by atoms with E-state index in [1.165, 1.54) is 0 Å². The van der Waals surface area contributed by atoms with Crippen molar-refractivity contribution >= 4 is 11.0 Å². The molecular formula is C30H20IrN2O-2. The van der Waals surface area contributed by atoms with E-state index in [1.807, 2.05) is 78.9 Å². The number of rotatable bonds is 3. The number of pyridine rings is 2. The van der Waals surface area contributed by atoms with E-state index in [4.69, 9.17) is 4.42 Å². The fraction of sp³-hybridized carbons (Fsp3) is 0. The molecule has 0 N–H and O–H groups in total. The van der Waals surface area contributed by atoms with Crippen molar-refractivity contribution in [2.24, 2.45) is 0 Å². The molecule has 3 aromatic heterocycles. The van der Waals surface area contributed by atoms with Gasteiger partial charge in [0, 0.05) is 37.9 Å². The Kier molecular flexibility index (Phi) is 7.77. The van der Waals surface area contributed by atoms with Gasteiger partial charge in [0.15, 0.2) is 0 Å². The van der Waals surface area contributed by atoms with Gasteiger partial charge >= 0.3 is 0 Å². The van der Waals surface area contributed by atoms with Crippen molar-refractivity contribution in [2.45, 2.75) is 0 Å². The van der Waals surface area contributed by atoms with Crippen LogP contribution in [0.1, 0.15) is 0 Å². The second-order valence-corrected chi connectivity index (χ2v) is 7.37. The first-order chi connectivity index (χ1) is 16.4. The molecule has 0 bridgehead atoms. The zero-order valence-electron chi connectivity index (χ0n) is 18.2. The maximum atomic E-state index is 5.39. The van der Waals surface area contributed by atoms with Crippen LogP contribution in [0.25, 0.3) is 44.6 Å². The van der Waals surface area contributed by atoms with Gasteiger partial charge in [-0.1, -0.05) is 30.3 Å². The van der Waals surface area contributed by atoms with E-state index in [0.29, 0.717) is 0 Å². The van der Waals surface area contributed by atoms with Gasteiger partial charge in [0.1, 0.15) is 5.58 Å². The van der Waals surface area contributed by atoms with Gasteiger partial charge in [-0.3, -0.25) is 0 Å². The molecule has 0 spiro atoms. The number of nitrogens with zero attached hydrogens (tertiary/aromatic N) is 2. The Labute approximate surface area is 212 Å². The Morgan fingerprint density at radius 3 is 2.00 bits per heavy atom. The molecule has 1 radical (unpaired) electrons. The zero-order valence-corrected chi connectivity index (χ0v) is 20.6. The van der Waals surface area contributed by atoms with Gasteiger partial charge in [-0.15, -0.1) is 71.3 Å². The Balaban J connectivity index is 0.000000180. The van der Waals surface area contributed by atoms with Crippen molar-refractivity contribution in [3.63, 3.8) is 0 Å². The predicted molar refractivity (Wildman–Crippen MR) is 132 cm³/mol. The maximum Gasteiger partial charge on any atom is 0.133 e. The van der Waals surface area contributed by atoms with Crippen LogP contribution in [-0.4, -0.2) is 9.97 Å². The largest absolute Gasteiger partial charge is 0.464 e. The molecule has 6 aromatic rings. The monoisotopic (exact) mass is 617 g/mol.